The molecular formula is C34H37N5O4. The van der Waals surface area contributed by atoms with Gasteiger partial charge in [-0.3, -0.25) is 14.5 Å². The molecule has 0 radical (unpaired) electrons. The van der Waals surface area contributed by atoms with Crippen molar-refractivity contribution in [1.82, 2.24) is 24.9 Å². The molecule has 0 spiro atoms. The number of ether oxygens (including phenoxy) is 1. The fourth-order valence-electron chi connectivity index (χ4n) is 6.24. The topological polar surface area (TPSA) is 85.4 Å². The van der Waals surface area contributed by atoms with Gasteiger partial charge in [0.25, 0.3) is 5.91 Å². The van der Waals surface area contributed by atoms with E-state index in [9.17, 15) is 14.4 Å². The van der Waals surface area contributed by atoms with Crippen molar-refractivity contribution in [2.24, 2.45) is 0 Å². The number of carbonyl (C=O) groups excluding carboxylic acids is 3. The summed E-state index contributed by atoms with van der Waals surface area (Å²) in [5.41, 5.74) is 2.62. The van der Waals surface area contributed by atoms with Gasteiger partial charge in [0.1, 0.15) is 17.5 Å². The molecule has 0 unspecified atom stereocenters. The average Bonchev–Trinajstić information content (AvgIpc) is 3.38. The van der Waals surface area contributed by atoms with E-state index in [1.54, 1.807) is 9.80 Å². The number of rotatable bonds is 8. The van der Waals surface area contributed by atoms with E-state index in [0.29, 0.717) is 42.4 Å². The van der Waals surface area contributed by atoms with E-state index in [2.05, 4.69) is 17.1 Å². The Balaban J connectivity index is 1.34. The van der Waals surface area contributed by atoms with E-state index in [1.165, 1.54) is 0 Å². The largest absolute Gasteiger partial charge is 0.457 e. The highest BCUT2D eigenvalue weighted by atomic mass is 16.5. The number of para-hydroxylation sites is 1. The number of hydrogen-bond donors (Lipinski definition) is 1. The molecule has 0 aromatic heterocycles. The van der Waals surface area contributed by atoms with E-state index in [4.69, 9.17) is 4.74 Å². The number of urea groups is 1. The van der Waals surface area contributed by atoms with Crippen molar-refractivity contribution in [3.05, 3.63) is 107 Å². The summed E-state index contributed by atoms with van der Waals surface area (Å²) < 4.78 is 6.06. The van der Waals surface area contributed by atoms with Gasteiger partial charge in [0, 0.05) is 32.7 Å². The number of amides is 4. The van der Waals surface area contributed by atoms with E-state index in [1.807, 2.05) is 96.8 Å². The van der Waals surface area contributed by atoms with Crippen molar-refractivity contribution < 1.29 is 19.1 Å². The van der Waals surface area contributed by atoms with Gasteiger partial charge < -0.3 is 24.8 Å². The lowest BCUT2D eigenvalue weighted by molar-refractivity contribution is -0.144. The van der Waals surface area contributed by atoms with Gasteiger partial charge in [-0.05, 0) is 48.9 Å². The number of piperazine rings is 1. The summed E-state index contributed by atoms with van der Waals surface area (Å²) >= 11 is 0. The van der Waals surface area contributed by atoms with Crippen LogP contribution in [0, 0.1) is 0 Å². The third-order valence-corrected chi connectivity index (χ3v) is 8.53. The number of carbonyl (C=O) groups is 3. The van der Waals surface area contributed by atoms with Crippen LogP contribution >= 0.6 is 0 Å². The Morgan fingerprint density at radius 2 is 1.53 bits per heavy atom. The maximum atomic E-state index is 14.4. The second-order valence-electron chi connectivity index (χ2n) is 11.0. The van der Waals surface area contributed by atoms with Crippen molar-refractivity contribution in [1.29, 1.82) is 0 Å². The van der Waals surface area contributed by atoms with Gasteiger partial charge in [-0.15, -0.1) is 0 Å². The maximum absolute atomic E-state index is 14.4. The molecule has 1 saturated heterocycles. The molecule has 3 aromatic carbocycles. The van der Waals surface area contributed by atoms with Crippen LogP contribution in [0.15, 0.2) is 96.2 Å². The monoisotopic (exact) mass is 579 g/mol. The highest BCUT2D eigenvalue weighted by Crippen LogP contribution is 2.41. The van der Waals surface area contributed by atoms with Crippen LogP contribution in [-0.4, -0.2) is 83.3 Å². The predicted molar refractivity (Wildman–Crippen MR) is 163 cm³/mol. The fraction of sp³-hybridized carbons (Fsp3) is 0.324. The Morgan fingerprint density at radius 3 is 2.21 bits per heavy atom. The van der Waals surface area contributed by atoms with Crippen molar-refractivity contribution in [2.45, 2.75) is 25.9 Å². The minimum Gasteiger partial charge on any atom is -0.457 e. The standard InChI is InChI=1S/C34H37N5O4/c1-3-36-18-20-37(21-19-36)33(41)31(24-12-7-5-8-13-24)39-23-28-29(32(39)40)30(35-34(42)38(28)4-2)25-14-11-17-27(22-25)43-26-15-9-6-10-16-26/h5-17,22,30-31H,3-4,18-21,23H2,1-2H3,(H,35,42)/t30-,31+/m0/s1. The highest BCUT2D eigenvalue weighted by Gasteiger charge is 2.48. The molecule has 3 heterocycles. The van der Waals surface area contributed by atoms with E-state index in [-0.39, 0.29) is 24.4 Å². The zero-order valence-corrected chi connectivity index (χ0v) is 24.6. The summed E-state index contributed by atoms with van der Waals surface area (Å²) in [5.74, 6) is 0.954. The van der Waals surface area contributed by atoms with Crippen molar-refractivity contribution >= 4 is 17.8 Å². The van der Waals surface area contributed by atoms with Gasteiger partial charge in [0.2, 0.25) is 5.91 Å². The van der Waals surface area contributed by atoms with Crippen molar-refractivity contribution in [2.75, 3.05) is 45.8 Å². The highest BCUT2D eigenvalue weighted by molar-refractivity contribution is 6.04. The van der Waals surface area contributed by atoms with Gasteiger partial charge in [0.15, 0.2) is 0 Å². The summed E-state index contributed by atoms with van der Waals surface area (Å²) in [4.78, 5) is 49.5. The maximum Gasteiger partial charge on any atom is 0.322 e. The average molecular weight is 580 g/mol. The molecule has 0 bridgehead atoms. The number of benzene rings is 3. The van der Waals surface area contributed by atoms with Crippen LogP contribution in [0.3, 0.4) is 0 Å². The Morgan fingerprint density at radius 1 is 0.860 bits per heavy atom. The first-order valence-electron chi connectivity index (χ1n) is 15.0. The third kappa shape index (κ3) is 5.60. The number of hydrogen-bond acceptors (Lipinski definition) is 5. The lowest BCUT2D eigenvalue weighted by Gasteiger charge is -2.38. The summed E-state index contributed by atoms with van der Waals surface area (Å²) in [5, 5.41) is 3.05. The van der Waals surface area contributed by atoms with Crippen LogP contribution < -0.4 is 10.1 Å². The smallest absolute Gasteiger partial charge is 0.322 e. The minimum absolute atomic E-state index is 0.0905. The molecule has 4 amide bonds. The molecule has 3 aliphatic heterocycles. The van der Waals surface area contributed by atoms with Crippen LogP contribution in [-0.2, 0) is 9.59 Å². The summed E-state index contributed by atoms with van der Waals surface area (Å²) in [6.45, 7) is 8.36. The molecule has 222 valence electrons. The second kappa shape index (κ2) is 12.3. The zero-order valence-electron chi connectivity index (χ0n) is 24.6. The molecule has 6 rings (SSSR count). The molecule has 1 N–H and O–H groups in total. The zero-order chi connectivity index (χ0) is 29.9. The molecule has 1 fully saturated rings. The van der Waals surface area contributed by atoms with Gasteiger partial charge in [0.05, 0.1) is 23.9 Å². The van der Waals surface area contributed by atoms with Gasteiger partial charge in [-0.25, -0.2) is 4.79 Å². The van der Waals surface area contributed by atoms with Crippen LogP contribution in [0.4, 0.5) is 4.79 Å². The Hall–Kier alpha value is -4.63. The quantitative estimate of drug-likeness (QED) is 0.423. The lowest BCUT2D eigenvalue weighted by Crippen LogP contribution is -2.52. The summed E-state index contributed by atoms with van der Waals surface area (Å²) in [6, 6.07) is 24.7. The van der Waals surface area contributed by atoms with Crippen molar-refractivity contribution in [3.8, 4) is 11.5 Å². The second-order valence-corrected chi connectivity index (χ2v) is 11.0. The summed E-state index contributed by atoms with van der Waals surface area (Å²) in [6.07, 6.45) is 0. The molecular weight excluding hydrogens is 542 g/mol. The molecule has 2 atom stereocenters. The van der Waals surface area contributed by atoms with Gasteiger partial charge in [-0.2, -0.15) is 0 Å². The molecule has 9 heteroatoms. The minimum atomic E-state index is -0.797. The van der Waals surface area contributed by atoms with Crippen molar-refractivity contribution in [3.63, 3.8) is 0 Å². The predicted octanol–water partition coefficient (Wildman–Crippen LogP) is 4.57. The van der Waals surface area contributed by atoms with Gasteiger partial charge >= 0.3 is 6.03 Å². The van der Waals surface area contributed by atoms with E-state index in [0.717, 1.165) is 30.8 Å². The number of nitrogens with zero attached hydrogens (tertiary/aromatic N) is 4. The fourth-order valence-corrected chi connectivity index (χ4v) is 6.24. The molecule has 0 saturated carbocycles. The Bertz CT molecular complexity index is 1520. The first-order valence-corrected chi connectivity index (χ1v) is 15.0. The first kappa shape index (κ1) is 28.5. The number of nitrogens with one attached hydrogen (secondary N) is 1. The van der Waals surface area contributed by atoms with Gasteiger partial charge in [-0.1, -0.05) is 67.6 Å². The van der Waals surface area contributed by atoms with Crippen LogP contribution in [0.1, 0.15) is 37.1 Å². The molecule has 3 aromatic rings. The third-order valence-electron chi connectivity index (χ3n) is 8.53. The van der Waals surface area contributed by atoms with Crippen LogP contribution in [0.5, 0.6) is 11.5 Å². The lowest BCUT2D eigenvalue weighted by atomic mass is 9.95. The normalized spacial score (nSPS) is 19.8. The summed E-state index contributed by atoms with van der Waals surface area (Å²) in [7, 11) is 0. The molecule has 43 heavy (non-hydrogen) atoms. The molecule has 9 nitrogen and oxygen atoms in total. The molecule has 3 aliphatic rings. The SMILES string of the molecule is CCN1CCN(C(=O)[C@@H](c2ccccc2)N2CC3=C(C2=O)[C@H](c2cccc(Oc4ccccc4)c2)NC(=O)N3CC)CC1. The Kier molecular flexibility index (Phi) is 8.16. The van der Waals surface area contributed by atoms with E-state index < -0.39 is 12.1 Å². The van der Waals surface area contributed by atoms with E-state index >= 15 is 0 Å². The Labute approximate surface area is 252 Å². The van der Waals surface area contributed by atoms with Crippen LogP contribution in [0.25, 0.3) is 0 Å². The molecule has 0 aliphatic carbocycles. The van der Waals surface area contributed by atoms with Crippen LogP contribution in [0.2, 0.25) is 0 Å². The number of likely N-dealkylation sites (N-methyl/N-ethyl adjacent to an activating group) is 2. The first-order chi connectivity index (χ1) is 21.0.